The molecule has 1 aromatic heterocycles. The number of aryl methyl sites for hydroxylation is 1. The molecule has 1 saturated carbocycles. The maximum atomic E-state index is 12.3. The quantitative estimate of drug-likeness (QED) is 0.648. The van der Waals surface area contributed by atoms with Crippen LogP contribution in [0.25, 0.3) is 11.0 Å². The number of hydrogen-bond donors (Lipinski definition) is 1. The molecule has 3 nitrogen and oxygen atoms in total. The molecule has 1 N–H and O–H groups in total. The molecule has 1 heterocycles. The minimum atomic E-state index is -0.434. The van der Waals surface area contributed by atoms with E-state index in [-0.39, 0.29) is 5.75 Å². The highest BCUT2D eigenvalue weighted by Crippen LogP contribution is 2.35. The Kier molecular flexibility index (Phi) is 4.79. The summed E-state index contributed by atoms with van der Waals surface area (Å²) in [5.74, 6) is 0.688. The highest BCUT2D eigenvalue weighted by molar-refractivity contribution is 5.83. The molecule has 0 saturated heterocycles. The van der Waals surface area contributed by atoms with Crippen LogP contribution in [0.1, 0.15) is 54.7 Å². The van der Waals surface area contributed by atoms with Crippen molar-refractivity contribution in [3.8, 4) is 5.75 Å². The fraction of sp³-hybridized carbons (Fsp3) is 0.348. The smallest absolute Gasteiger partial charge is 0.343 e. The maximum Gasteiger partial charge on any atom is 0.343 e. The Hall–Kier alpha value is -2.55. The van der Waals surface area contributed by atoms with E-state index in [2.05, 4.69) is 24.3 Å². The first-order valence-electron chi connectivity index (χ1n) is 9.55. The fourth-order valence-electron chi connectivity index (χ4n) is 4.23. The summed E-state index contributed by atoms with van der Waals surface area (Å²) >= 11 is 0. The predicted molar refractivity (Wildman–Crippen MR) is 104 cm³/mol. The van der Waals surface area contributed by atoms with Crippen LogP contribution in [-0.4, -0.2) is 5.11 Å². The van der Waals surface area contributed by atoms with Crippen LogP contribution in [0, 0.1) is 0 Å². The Morgan fingerprint density at radius 1 is 0.923 bits per heavy atom. The van der Waals surface area contributed by atoms with Crippen molar-refractivity contribution >= 4 is 11.0 Å². The molecule has 26 heavy (non-hydrogen) atoms. The highest BCUT2D eigenvalue weighted by atomic mass is 16.4. The standard InChI is InChI=1S/C23H24O3/c24-22-19-12-6-7-13-21(19)26-23(25)20(22)15-14-17-10-4-5-11-18(17)16-8-2-1-3-9-16/h4-7,10-13,16,24H,1-3,8-9,14-15H2. The van der Waals surface area contributed by atoms with Crippen LogP contribution < -0.4 is 5.63 Å². The predicted octanol–water partition coefficient (Wildman–Crippen LogP) is 5.33. The topological polar surface area (TPSA) is 50.4 Å². The largest absolute Gasteiger partial charge is 0.507 e. The van der Waals surface area contributed by atoms with Crippen molar-refractivity contribution in [3.05, 3.63) is 75.6 Å². The summed E-state index contributed by atoms with van der Waals surface area (Å²) in [6, 6.07) is 15.7. The summed E-state index contributed by atoms with van der Waals surface area (Å²) in [6.45, 7) is 0. The third-order valence-electron chi connectivity index (χ3n) is 5.62. The lowest BCUT2D eigenvalue weighted by atomic mass is 9.81. The molecule has 0 spiro atoms. The molecule has 0 amide bonds. The van der Waals surface area contributed by atoms with Crippen molar-refractivity contribution in [2.45, 2.75) is 50.9 Å². The number of fused-ring (bicyclic) bond motifs is 1. The molecule has 1 fully saturated rings. The second-order valence-corrected chi connectivity index (χ2v) is 7.25. The van der Waals surface area contributed by atoms with E-state index in [0.717, 1.165) is 6.42 Å². The van der Waals surface area contributed by atoms with Gasteiger partial charge in [-0.1, -0.05) is 55.7 Å². The van der Waals surface area contributed by atoms with E-state index in [1.165, 1.54) is 43.2 Å². The van der Waals surface area contributed by atoms with Crippen molar-refractivity contribution in [1.29, 1.82) is 0 Å². The average Bonchev–Trinajstić information content (AvgIpc) is 2.69. The second-order valence-electron chi connectivity index (χ2n) is 7.25. The van der Waals surface area contributed by atoms with Crippen molar-refractivity contribution in [3.63, 3.8) is 0 Å². The number of rotatable bonds is 4. The number of para-hydroxylation sites is 1. The number of hydrogen-bond acceptors (Lipinski definition) is 3. The molecule has 0 aliphatic heterocycles. The summed E-state index contributed by atoms with van der Waals surface area (Å²) < 4.78 is 5.39. The normalized spacial score (nSPS) is 15.4. The highest BCUT2D eigenvalue weighted by Gasteiger charge is 2.19. The van der Waals surface area contributed by atoms with Crippen molar-refractivity contribution in [1.82, 2.24) is 0 Å². The average molecular weight is 348 g/mol. The van der Waals surface area contributed by atoms with Gasteiger partial charge < -0.3 is 9.52 Å². The summed E-state index contributed by atoms with van der Waals surface area (Å²) in [4.78, 5) is 12.3. The molecular weight excluding hydrogens is 324 g/mol. The van der Waals surface area contributed by atoms with Crippen molar-refractivity contribution < 1.29 is 9.52 Å². The zero-order valence-corrected chi connectivity index (χ0v) is 14.9. The zero-order chi connectivity index (χ0) is 17.9. The van der Waals surface area contributed by atoms with Gasteiger partial charge in [-0.25, -0.2) is 4.79 Å². The van der Waals surface area contributed by atoms with E-state index in [1.807, 2.05) is 6.07 Å². The van der Waals surface area contributed by atoms with Crippen LogP contribution in [0.4, 0.5) is 0 Å². The van der Waals surface area contributed by atoms with Gasteiger partial charge in [-0.2, -0.15) is 0 Å². The molecule has 4 rings (SSSR count). The van der Waals surface area contributed by atoms with Crippen LogP contribution in [-0.2, 0) is 12.8 Å². The molecule has 1 aliphatic rings. The third kappa shape index (κ3) is 3.26. The lowest BCUT2D eigenvalue weighted by Gasteiger charge is -2.24. The number of benzene rings is 2. The molecule has 0 unspecified atom stereocenters. The van der Waals surface area contributed by atoms with Crippen molar-refractivity contribution in [2.75, 3.05) is 0 Å². The minimum absolute atomic E-state index is 0.0620. The molecule has 0 bridgehead atoms. The van der Waals surface area contributed by atoms with E-state index in [1.54, 1.807) is 18.2 Å². The van der Waals surface area contributed by atoms with Gasteiger partial charge in [-0.05, 0) is 54.9 Å². The molecule has 1 aliphatic carbocycles. The van der Waals surface area contributed by atoms with E-state index in [0.29, 0.717) is 28.9 Å². The first-order chi connectivity index (χ1) is 12.7. The van der Waals surface area contributed by atoms with E-state index in [9.17, 15) is 9.90 Å². The molecule has 3 aromatic rings. The summed E-state index contributed by atoms with van der Waals surface area (Å²) in [7, 11) is 0. The first kappa shape index (κ1) is 16.9. The maximum absolute atomic E-state index is 12.3. The van der Waals surface area contributed by atoms with Gasteiger partial charge in [0.25, 0.3) is 0 Å². The van der Waals surface area contributed by atoms with Gasteiger partial charge in [0.15, 0.2) is 0 Å². The van der Waals surface area contributed by atoms with Crippen molar-refractivity contribution in [2.24, 2.45) is 0 Å². The van der Waals surface area contributed by atoms with Crippen LogP contribution in [0.3, 0.4) is 0 Å². The van der Waals surface area contributed by atoms with Gasteiger partial charge in [0.2, 0.25) is 0 Å². The van der Waals surface area contributed by atoms with Gasteiger partial charge in [0.05, 0.1) is 10.9 Å². The van der Waals surface area contributed by atoms with Gasteiger partial charge in [0, 0.05) is 0 Å². The molecule has 3 heteroatoms. The van der Waals surface area contributed by atoms with Gasteiger partial charge in [0.1, 0.15) is 11.3 Å². The Bertz CT molecular complexity index is 965. The summed E-state index contributed by atoms with van der Waals surface area (Å²) in [5.41, 5.74) is 3.07. The minimum Gasteiger partial charge on any atom is -0.507 e. The van der Waals surface area contributed by atoms with Gasteiger partial charge >= 0.3 is 5.63 Å². The van der Waals surface area contributed by atoms with Crippen LogP contribution in [0.15, 0.2) is 57.7 Å². The van der Waals surface area contributed by atoms with Crippen LogP contribution in [0.5, 0.6) is 5.75 Å². The van der Waals surface area contributed by atoms with Gasteiger partial charge in [-0.15, -0.1) is 0 Å². The van der Waals surface area contributed by atoms with Gasteiger partial charge in [-0.3, -0.25) is 0 Å². The monoisotopic (exact) mass is 348 g/mol. The van der Waals surface area contributed by atoms with Crippen LogP contribution in [0.2, 0.25) is 0 Å². The Morgan fingerprint density at radius 2 is 1.65 bits per heavy atom. The fourth-order valence-corrected chi connectivity index (χ4v) is 4.23. The molecule has 0 radical (unpaired) electrons. The first-order valence-corrected chi connectivity index (χ1v) is 9.55. The molecule has 134 valence electrons. The Morgan fingerprint density at radius 3 is 2.50 bits per heavy atom. The second kappa shape index (κ2) is 7.36. The van der Waals surface area contributed by atoms with E-state index < -0.39 is 5.63 Å². The van der Waals surface area contributed by atoms with E-state index in [4.69, 9.17) is 4.42 Å². The van der Waals surface area contributed by atoms with E-state index >= 15 is 0 Å². The Labute approximate surface area is 153 Å². The SMILES string of the molecule is O=c1oc2ccccc2c(O)c1CCc1ccccc1C1CCCCC1. The Balaban J connectivity index is 1.62. The lowest BCUT2D eigenvalue weighted by Crippen LogP contribution is -2.11. The molecular formula is C23H24O3. The third-order valence-corrected chi connectivity index (χ3v) is 5.62. The van der Waals surface area contributed by atoms with Crippen LogP contribution >= 0.6 is 0 Å². The molecule has 2 aromatic carbocycles. The zero-order valence-electron chi connectivity index (χ0n) is 14.9. The lowest BCUT2D eigenvalue weighted by molar-refractivity contribution is 0.440. The summed E-state index contributed by atoms with van der Waals surface area (Å²) in [5, 5.41) is 11.2. The summed E-state index contributed by atoms with van der Waals surface area (Å²) in [6.07, 6.45) is 7.67. The number of aromatic hydroxyl groups is 1. The molecule has 0 atom stereocenters.